The van der Waals surface area contributed by atoms with E-state index < -0.39 is 0 Å². The Labute approximate surface area is 99.4 Å². The van der Waals surface area contributed by atoms with Crippen LogP contribution in [0.5, 0.6) is 0 Å². The molecule has 0 heterocycles. The number of hydrogen-bond acceptors (Lipinski definition) is 1. The molecule has 0 aromatic heterocycles. The largest absolute Gasteiger partial charge is 0.327 e. The van der Waals surface area contributed by atoms with Crippen LogP contribution in [0.1, 0.15) is 38.2 Å². The lowest BCUT2D eigenvalue weighted by Crippen LogP contribution is -2.20. The zero-order valence-electron chi connectivity index (χ0n) is 10.3. The summed E-state index contributed by atoms with van der Waals surface area (Å²) < 4.78 is 0. The lowest BCUT2D eigenvalue weighted by molar-refractivity contribution is 0.573. The molecule has 0 aliphatic rings. The van der Waals surface area contributed by atoms with Crippen LogP contribution < -0.4 is 5.73 Å². The van der Waals surface area contributed by atoms with Gasteiger partial charge in [0.25, 0.3) is 0 Å². The van der Waals surface area contributed by atoms with Gasteiger partial charge in [-0.2, -0.15) is 0 Å². The van der Waals surface area contributed by atoms with Gasteiger partial charge in [-0.25, -0.2) is 0 Å². The highest BCUT2D eigenvalue weighted by atomic mass is 14.6. The molecule has 0 saturated heterocycles. The standard InChI is InChI=1S/C15H23N/c1-3-13(2)12-15(16)11-7-10-14-8-5-4-6-9-14/h4-6,8-9,15H,2-3,7,10-12,16H2,1H3. The first-order valence-electron chi connectivity index (χ1n) is 6.18. The zero-order valence-corrected chi connectivity index (χ0v) is 10.3. The Kier molecular flexibility index (Phi) is 5.87. The average Bonchev–Trinajstić information content (AvgIpc) is 2.30. The maximum atomic E-state index is 6.05. The minimum Gasteiger partial charge on any atom is -0.327 e. The van der Waals surface area contributed by atoms with Crippen LogP contribution in [0.3, 0.4) is 0 Å². The number of rotatable bonds is 7. The molecule has 1 atom stereocenters. The van der Waals surface area contributed by atoms with Gasteiger partial charge in [-0.15, -0.1) is 0 Å². The second kappa shape index (κ2) is 7.24. The predicted molar refractivity (Wildman–Crippen MR) is 71.4 cm³/mol. The molecule has 1 rings (SSSR count). The second-order valence-electron chi connectivity index (χ2n) is 4.45. The molecule has 1 nitrogen and oxygen atoms in total. The molecular formula is C15H23N. The van der Waals surface area contributed by atoms with Crippen molar-refractivity contribution in [3.63, 3.8) is 0 Å². The fraction of sp³-hybridized carbons (Fsp3) is 0.467. The van der Waals surface area contributed by atoms with Crippen LogP contribution in [-0.4, -0.2) is 6.04 Å². The SMILES string of the molecule is C=C(CC)CC(N)CCCc1ccccc1. The summed E-state index contributed by atoms with van der Waals surface area (Å²) in [7, 11) is 0. The molecule has 0 spiro atoms. The van der Waals surface area contributed by atoms with Gasteiger partial charge in [0.2, 0.25) is 0 Å². The van der Waals surface area contributed by atoms with Crippen LogP contribution >= 0.6 is 0 Å². The van der Waals surface area contributed by atoms with E-state index in [9.17, 15) is 0 Å². The summed E-state index contributed by atoms with van der Waals surface area (Å²) in [4.78, 5) is 0. The molecule has 2 N–H and O–H groups in total. The van der Waals surface area contributed by atoms with Gasteiger partial charge < -0.3 is 5.73 Å². The summed E-state index contributed by atoms with van der Waals surface area (Å²) in [6.07, 6.45) is 5.42. The minimum absolute atomic E-state index is 0.288. The lowest BCUT2D eigenvalue weighted by Gasteiger charge is -2.12. The van der Waals surface area contributed by atoms with E-state index in [1.165, 1.54) is 17.6 Å². The molecule has 0 aliphatic heterocycles. The van der Waals surface area contributed by atoms with E-state index in [1.807, 2.05) is 0 Å². The van der Waals surface area contributed by atoms with Crippen LogP contribution in [0.15, 0.2) is 42.5 Å². The molecule has 88 valence electrons. The molecule has 1 unspecified atom stereocenters. The van der Waals surface area contributed by atoms with E-state index in [1.54, 1.807) is 0 Å². The fourth-order valence-corrected chi connectivity index (χ4v) is 1.83. The number of hydrogen-bond donors (Lipinski definition) is 1. The molecule has 0 saturated carbocycles. The molecule has 0 fully saturated rings. The van der Waals surface area contributed by atoms with Crippen LogP contribution in [-0.2, 0) is 6.42 Å². The van der Waals surface area contributed by atoms with Gasteiger partial charge in [0.05, 0.1) is 0 Å². The normalized spacial score (nSPS) is 12.4. The van der Waals surface area contributed by atoms with Gasteiger partial charge in [-0.1, -0.05) is 49.4 Å². The van der Waals surface area contributed by atoms with Crippen molar-refractivity contribution >= 4 is 0 Å². The van der Waals surface area contributed by atoms with Crippen molar-refractivity contribution in [3.05, 3.63) is 48.0 Å². The van der Waals surface area contributed by atoms with Crippen LogP contribution in [0.4, 0.5) is 0 Å². The second-order valence-corrected chi connectivity index (χ2v) is 4.45. The van der Waals surface area contributed by atoms with E-state index in [-0.39, 0.29) is 6.04 Å². The highest BCUT2D eigenvalue weighted by Crippen LogP contribution is 2.11. The van der Waals surface area contributed by atoms with Crippen LogP contribution in [0.25, 0.3) is 0 Å². The maximum Gasteiger partial charge on any atom is 0.00760 e. The predicted octanol–water partition coefficient (Wildman–Crippen LogP) is 3.69. The summed E-state index contributed by atoms with van der Waals surface area (Å²) in [5.74, 6) is 0. The average molecular weight is 217 g/mol. The quantitative estimate of drug-likeness (QED) is 0.692. The Morgan fingerprint density at radius 3 is 2.62 bits per heavy atom. The third-order valence-electron chi connectivity index (χ3n) is 2.93. The van der Waals surface area contributed by atoms with Crippen molar-refractivity contribution in [2.45, 2.75) is 45.1 Å². The Bertz CT molecular complexity index is 302. The summed E-state index contributed by atoms with van der Waals surface area (Å²) >= 11 is 0. The van der Waals surface area contributed by atoms with E-state index in [0.29, 0.717) is 0 Å². The van der Waals surface area contributed by atoms with Crippen molar-refractivity contribution in [1.82, 2.24) is 0 Å². The fourth-order valence-electron chi connectivity index (χ4n) is 1.83. The van der Waals surface area contributed by atoms with Gasteiger partial charge >= 0.3 is 0 Å². The van der Waals surface area contributed by atoms with Crippen molar-refractivity contribution in [3.8, 4) is 0 Å². The highest BCUT2D eigenvalue weighted by molar-refractivity contribution is 5.14. The first-order chi connectivity index (χ1) is 7.72. The Balaban J connectivity index is 2.18. The zero-order chi connectivity index (χ0) is 11.8. The molecule has 1 aromatic rings. The van der Waals surface area contributed by atoms with E-state index in [0.717, 1.165) is 25.7 Å². The molecule has 1 aromatic carbocycles. The Hall–Kier alpha value is -1.08. The van der Waals surface area contributed by atoms with Gasteiger partial charge in [0, 0.05) is 6.04 Å². The molecule has 0 bridgehead atoms. The number of aryl methyl sites for hydroxylation is 1. The van der Waals surface area contributed by atoms with Gasteiger partial charge in [-0.3, -0.25) is 0 Å². The van der Waals surface area contributed by atoms with Crippen LogP contribution in [0.2, 0.25) is 0 Å². The smallest absolute Gasteiger partial charge is 0.00760 e. The van der Waals surface area contributed by atoms with Gasteiger partial charge in [0.1, 0.15) is 0 Å². The maximum absolute atomic E-state index is 6.05. The molecule has 16 heavy (non-hydrogen) atoms. The molecule has 0 radical (unpaired) electrons. The Morgan fingerprint density at radius 2 is 2.00 bits per heavy atom. The van der Waals surface area contributed by atoms with Gasteiger partial charge in [-0.05, 0) is 37.7 Å². The molecule has 0 aliphatic carbocycles. The molecule has 0 amide bonds. The monoisotopic (exact) mass is 217 g/mol. The highest BCUT2D eigenvalue weighted by Gasteiger charge is 2.03. The van der Waals surface area contributed by atoms with E-state index >= 15 is 0 Å². The van der Waals surface area contributed by atoms with Gasteiger partial charge in [0.15, 0.2) is 0 Å². The van der Waals surface area contributed by atoms with Crippen molar-refractivity contribution in [1.29, 1.82) is 0 Å². The summed E-state index contributed by atoms with van der Waals surface area (Å²) in [6, 6.07) is 10.9. The Morgan fingerprint density at radius 1 is 1.31 bits per heavy atom. The first kappa shape index (κ1) is 13.0. The topological polar surface area (TPSA) is 26.0 Å². The number of benzene rings is 1. The third-order valence-corrected chi connectivity index (χ3v) is 2.93. The van der Waals surface area contributed by atoms with Crippen molar-refractivity contribution < 1.29 is 0 Å². The first-order valence-corrected chi connectivity index (χ1v) is 6.18. The summed E-state index contributed by atoms with van der Waals surface area (Å²) in [5.41, 5.74) is 8.73. The van der Waals surface area contributed by atoms with E-state index in [2.05, 4.69) is 43.8 Å². The van der Waals surface area contributed by atoms with Crippen molar-refractivity contribution in [2.75, 3.05) is 0 Å². The van der Waals surface area contributed by atoms with E-state index in [4.69, 9.17) is 5.73 Å². The number of nitrogens with two attached hydrogens (primary N) is 1. The van der Waals surface area contributed by atoms with Crippen molar-refractivity contribution in [2.24, 2.45) is 5.73 Å². The lowest BCUT2D eigenvalue weighted by atomic mass is 9.99. The summed E-state index contributed by atoms with van der Waals surface area (Å²) in [5, 5.41) is 0. The summed E-state index contributed by atoms with van der Waals surface area (Å²) in [6.45, 7) is 6.14. The van der Waals surface area contributed by atoms with Crippen LogP contribution in [0, 0.1) is 0 Å². The minimum atomic E-state index is 0.288. The molecular weight excluding hydrogens is 194 g/mol. The molecule has 1 heteroatoms. The third kappa shape index (κ3) is 5.13.